The largest absolute Gasteiger partial charge is 0.497 e. The van der Waals surface area contributed by atoms with E-state index in [9.17, 15) is 4.79 Å². The highest BCUT2D eigenvalue weighted by atomic mass is 32.1. The average Bonchev–Trinajstić information content (AvgIpc) is 3.39. The van der Waals surface area contributed by atoms with Crippen molar-refractivity contribution in [2.45, 2.75) is 26.7 Å². The summed E-state index contributed by atoms with van der Waals surface area (Å²) in [5.41, 5.74) is 4.34. The molecular weight excluding hydrogens is 422 g/mol. The minimum atomic E-state index is -0.0999. The third kappa shape index (κ3) is 4.70. The van der Waals surface area contributed by atoms with E-state index >= 15 is 0 Å². The maximum atomic E-state index is 12.7. The predicted octanol–water partition coefficient (Wildman–Crippen LogP) is 4.38. The third-order valence-electron chi connectivity index (χ3n) is 5.17. The van der Waals surface area contributed by atoms with E-state index in [0.717, 1.165) is 30.0 Å². The van der Waals surface area contributed by atoms with Crippen LogP contribution in [0.5, 0.6) is 5.75 Å². The molecule has 0 aliphatic carbocycles. The summed E-state index contributed by atoms with van der Waals surface area (Å²) in [7, 11) is 1.63. The minimum absolute atomic E-state index is 0.0999. The van der Waals surface area contributed by atoms with Gasteiger partial charge in [-0.05, 0) is 44.4 Å². The van der Waals surface area contributed by atoms with E-state index in [4.69, 9.17) is 4.74 Å². The van der Waals surface area contributed by atoms with Crippen molar-refractivity contribution in [3.05, 3.63) is 76.4 Å². The normalized spacial score (nSPS) is 10.8. The molecule has 0 atom stereocenters. The molecule has 0 bridgehead atoms. The van der Waals surface area contributed by atoms with Crippen molar-refractivity contribution in [3.63, 3.8) is 0 Å². The first-order valence-corrected chi connectivity index (χ1v) is 11.2. The van der Waals surface area contributed by atoms with Crippen molar-refractivity contribution in [1.82, 2.24) is 25.3 Å². The summed E-state index contributed by atoms with van der Waals surface area (Å²) in [6.45, 7) is 4.40. The summed E-state index contributed by atoms with van der Waals surface area (Å²) in [5.74, 6) is 0.646. The average molecular weight is 448 g/mol. The van der Waals surface area contributed by atoms with E-state index in [1.807, 2.05) is 56.3 Å². The fraction of sp³-hybridized carbons (Fsp3) is 0.250. The zero-order valence-corrected chi connectivity index (χ0v) is 19.1. The van der Waals surface area contributed by atoms with Crippen molar-refractivity contribution in [2.24, 2.45) is 0 Å². The van der Waals surface area contributed by atoms with E-state index in [2.05, 4.69) is 32.7 Å². The Kier molecular flexibility index (Phi) is 6.61. The fourth-order valence-corrected chi connectivity index (χ4v) is 4.46. The number of hydrogen-bond donors (Lipinski definition) is 1. The number of carbonyl (C=O) groups is 1. The van der Waals surface area contributed by atoms with Gasteiger partial charge in [0.05, 0.1) is 24.2 Å². The lowest BCUT2D eigenvalue weighted by atomic mass is 10.1. The van der Waals surface area contributed by atoms with Crippen LogP contribution >= 0.6 is 11.3 Å². The zero-order chi connectivity index (χ0) is 22.5. The maximum absolute atomic E-state index is 12.7. The van der Waals surface area contributed by atoms with Crippen molar-refractivity contribution in [1.29, 1.82) is 0 Å². The second kappa shape index (κ2) is 9.74. The number of hydrogen-bond acceptors (Lipinski definition) is 6. The first-order chi connectivity index (χ1) is 15.6. The highest BCUT2D eigenvalue weighted by Gasteiger charge is 2.20. The van der Waals surface area contributed by atoms with Crippen molar-refractivity contribution >= 4 is 17.2 Å². The van der Waals surface area contributed by atoms with Crippen LogP contribution in [-0.4, -0.2) is 39.5 Å². The van der Waals surface area contributed by atoms with Gasteiger partial charge >= 0.3 is 0 Å². The number of ether oxygens (including phenoxy) is 1. The fourth-order valence-electron chi connectivity index (χ4n) is 3.44. The number of rotatable bonds is 8. The van der Waals surface area contributed by atoms with E-state index in [0.29, 0.717) is 27.8 Å². The molecule has 1 amide bonds. The molecule has 7 nitrogen and oxygen atoms in total. The van der Waals surface area contributed by atoms with Gasteiger partial charge < -0.3 is 10.1 Å². The van der Waals surface area contributed by atoms with E-state index in [1.165, 1.54) is 16.9 Å². The van der Waals surface area contributed by atoms with Gasteiger partial charge in [0.25, 0.3) is 5.91 Å². The Labute approximate surface area is 191 Å². The van der Waals surface area contributed by atoms with E-state index in [1.54, 1.807) is 11.8 Å². The molecule has 1 N–H and O–H groups in total. The highest BCUT2D eigenvalue weighted by molar-refractivity contribution is 7.17. The summed E-state index contributed by atoms with van der Waals surface area (Å²) >= 11 is 1.34. The molecule has 164 valence electrons. The molecule has 0 fully saturated rings. The van der Waals surface area contributed by atoms with Crippen LogP contribution in [0.2, 0.25) is 0 Å². The number of nitrogens with one attached hydrogen (secondary N) is 1. The Hall–Kier alpha value is -3.52. The molecule has 0 aliphatic rings. The summed E-state index contributed by atoms with van der Waals surface area (Å²) in [5, 5.41) is 12.3. The standard InChI is InChI=1S/C24H25N5O2S/c1-16-22(23(30)25-14-8-11-18-9-5-4-6-10-18)32-24(26-16)21-17(2)29(28-27-21)19-12-7-13-20(15-19)31-3/h4-7,9-10,12-13,15H,8,11,14H2,1-3H3,(H,25,30). The Morgan fingerprint density at radius 3 is 2.72 bits per heavy atom. The second-order valence-corrected chi connectivity index (χ2v) is 8.41. The molecule has 32 heavy (non-hydrogen) atoms. The van der Waals surface area contributed by atoms with Gasteiger partial charge in [0.15, 0.2) is 0 Å². The number of thiazole rings is 1. The van der Waals surface area contributed by atoms with Gasteiger partial charge in [-0.3, -0.25) is 4.79 Å². The van der Waals surface area contributed by atoms with Gasteiger partial charge in [-0.25, -0.2) is 9.67 Å². The number of methoxy groups -OCH3 is 1. The quantitative estimate of drug-likeness (QED) is 0.406. The maximum Gasteiger partial charge on any atom is 0.263 e. The molecule has 2 aromatic heterocycles. The zero-order valence-electron chi connectivity index (χ0n) is 18.3. The van der Waals surface area contributed by atoms with E-state index < -0.39 is 0 Å². The van der Waals surface area contributed by atoms with Gasteiger partial charge in [0.2, 0.25) is 0 Å². The monoisotopic (exact) mass is 447 g/mol. The molecule has 0 saturated heterocycles. The van der Waals surface area contributed by atoms with Crippen LogP contribution in [-0.2, 0) is 6.42 Å². The lowest BCUT2D eigenvalue weighted by molar-refractivity contribution is 0.0956. The Morgan fingerprint density at radius 2 is 1.94 bits per heavy atom. The molecule has 2 aromatic carbocycles. The van der Waals surface area contributed by atoms with Gasteiger partial charge in [0, 0.05) is 12.6 Å². The molecule has 4 aromatic rings. The highest BCUT2D eigenvalue weighted by Crippen LogP contribution is 2.30. The summed E-state index contributed by atoms with van der Waals surface area (Å²) in [6, 6.07) is 17.9. The van der Waals surface area contributed by atoms with Crippen LogP contribution in [0, 0.1) is 13.8 Å². The smallest absolute Gasteiger partial charge is 0.263 e. The number of carbonyl (C=O) groups excluding carboxylic acids is 1. The van der Waals surface area contributed by atoms with Gasteiger partial charge in [0.1, 0.15) is 21.3 Å². The van der Waals surface area contributed by atoms with Crippen LogP contribution in [0.1, 0.15) is 33.0 Å². The Balaban J connectivity index is 1.45. The van der Waals surface area contributed by atoms with Crippen LogP contribution < -0.4 is 10.1 Å². The second-order valence-electron chi connectivity index (χ2n) is 7.42. The lowest BCUT2D eigenvalue weighted by Gasteiger charge is -2.05. The van der Waals surface area contributed by atoms with Gasteiger partial charge in [-0.15, -0.1) is 16.4 Å². The molecule has 2 heterocycles. The van der Waals surface area contributed by atoms with Crippen LogP contribution in [0.25, 0.3) is 16.4 Å². The first-order valence-electron chi connectivity index (χ1n) is 10.4. The first kappa shape index (κ1) is 21.7. The van der Waals surface area contributed by atoms with Crippen molar-refractivity contribution in [3.8, 4) is 22.1 Å². The Bertz CT molecular complexity index is 1220. The number of amides is 1. The van der Waals surface area contributed by atoms with E-state index in [-0.39, 0.29) is 5.91 Å². The van der Waals surface area contributed by atoms with Crippen molar-refractivity contribution in [2.75, 3.05) is 13.7 Å². The topological polar surface area (TPSA) is 81.9 Å². The number of aromatic nitrogens is 4. The molecule has 8 heteroatoms. The predicted molar refractivity (Wildman–Crippen MR) is 126 cm³/mol. The minimum Gasteiger partial charge on any atom is -0.497 e. The summed E-state index contributed by atoms with van der Waals surface area (Å²) < 4.78 is 7.05. The van der Waals surface area contributed by atoms with Crippen LogP contribution in [0.15, 0.2) is 54.6 Å². The number of nitrogens with zero attached hydrogens (tertiary/aromatic N) is 4. The molecule has 0 aliphatic heterocycles. The van der Waals surface area contributed by atoms with Crippen molar-refractivity contribution < 1.29 is 9.53 Å². The summed E-state index contributed by atoms with van der Waals surface area (Å²) in [6.07, 6.45) is 1.81. The van der Waals surface area contributed by atoms with Gasteiger partial charge in [-0.1, -0.05) is 41.6 Å². The Morgan fingerprint density at radius 1 is 1.12 bits per heavy atom. The van der Waals surface area contributed by atoms with Gasteiger partial charge in [-0.2, -0.15) is 0 Å². The third-order valence-corrected chi connectivity index (χ3v) is 6.33. The molecule has 0 radical (unpaired) electrons. The van der Waals surface area contributed by atoms with Crippen LogP contribution in [0.3, 0.4) is 0 Å². The van der Waals surface area contributed by atoms with Crippen LogP contribution in [0.4, 0.5) is 0 Å². The lowest BCUT2D eigenvalue weighted by Crippen LogP contribution is -2.24. The molecule has 0 unspecified atom stereocenters. The number of benzene rings is 2. The SMILES string of the molecule is COc1cccc(-n2nnc(-c3nc(C)c(C(=O)NCCCc4ccccc4)s3)c2C)c1. The molecule has 0 saturated carbocycles. The molecule has 4 rings (SSSR count). The molecule has 0 spiro atoms. The summed E-state index contributed by atoms with van der Waals surface area (Å²) in [4.78, 5) is 17.9. The number of aryl methyl sites for hydroxylation is 2. The molecular formula is C24H25N5O2S.